The molecule has 7 nitrogen and oxygen atoms in total. The van der Waals surface area contributed by atoms with E-state index in [1.807, 2.05) is 0 Å². The fourth-order valence-electron chi connectivity index (χ4n) is 3.56. The van der Waals surface area contributed by atoms with Gasteiger partial charge in [0.2, 0.25) is 11.8 Å². The Balaban J connectivity index is 1.74. The first-order valence-corrected chi connectivity index (χ1v) is 8.90. The van der Waals surface area contributed by atoms with Gasteiger partial charge in [0.15, 0.2) is 0 Å². The Hall–Kier alpha value is -2.93. The predicted octanol–water partition coefficient (Wildman–Crippen LogP) is 1.69. The number of nitrogens with one attached hydrogen (secondary N) is 1. The summed E-state index contributed by atoms with van der Waals surface area (Å²) in [7, 11) is 1.61. The lowest BCUT2D eigenvalue weighted by molar-refractivity contribution is -0.134. The molecular weight excluding hydrogens is 346 g/mol. The van der Waals surface area contributed by atoms with Crippen LogP contribution in [0.15, 0.2) is 53.5 Å². The Morgan fingerprint density at radius 1 is 1.11 bits per heavy atom. The second kappa shape index (κ2) is 8.18. The minimum Gasteiger partial charge on any atom is -0.381 e. The molecule has 0 spiro atoms. The molecule has 27 heavy (non-hydrogen) atoms. The maximum atomic E-state index is 12.7. The molecule has 1 aliphatic carbocycles. The number of nitrogens with zero attached hydrogens (tertiary/aromatic N) is 1. The van der Waals surface area contributed by atoms with Gasteiger partial charge in [0.05, 0.1) is 12.0 Å². The molecule has 3 N–H and O–H groups in total. The molecule has 2 amide bonds. The highest BCUT2D eigenvalue weighted by Gasteiger charge is 2.38. The van der Waals surface area contributed by atoms with Crippen LogP contribution >= 0.6 is 0 Å². The van der Waals surface area contributed by atoms with Gasteiger partial charge in [-0.1, -0.05) is 6.07 Å². The van der Waals surface area contributed by atoms with Crippen molar-refractivity contribution in [3.8, 4) is 5.69 Å². The van der Waals surface area contributed by atoms with Crippen LogP contribution in [0.4, 0.5) is 5.69 Å². The van der Waals surface area contributed by atoms with Crippen LogP contribution in [0.25, 0.3) is 5.69 Å². The molecule has 1 aromatic heterocycles. The van der Waals surface area contributed by atoms with Crippen molar-refractivity contribution in [2.75, 3.05) is 12.4 Å². The molecule has 1 aliphatic rings. The lowest BCUT2D eigenvalue weighted by atomic mass is 9.77. The molecule has 1 fully saturated rings. The highest BCUT2D eigenvalue weighted by atomic mass is 16.5. The van der Waals surface area contributed by atoms with Gasteiger partial charge in [-0.15, -0.1) is 0 Å². The lowest BCUT2D eigenvalue weighted by Crippen LogP contribution is -2.42. The number of pyridine rings is 1. The van der Waals surface area contributed by atoms with Crippen LogP contribution in [0.1, 0.15) is 19.3 Å². The molecule has 1 heterocycles. The number of carbonyl (C=O) groups is 2. The standard InChI is InChI=1S/C20H23N3O4/c1-27-15-9-10-16(19(21)25)17(12-15)20(26)22-13-5-7-14(8-6-13)23-11-3-2-4-18(23)24/h2-8,11,15-17H,9-10,12H2,1H3,(H2,21,25)(H,22,26). The number of rotatable bonds is 5. The van der Waals surface area contributed by atoms with Gasteiger partial charge in [0.1, 0.15) is 0 Å². The van der Waals surface area contributed by atoms with Crippen molar-refractivity contribution in [2.24, 2.45) is 17.6 Å². The van der Waals surface area contributed by atoms with E-state index >= 15 is 0 Å². The van der Waals surface area contributed by atoms with Gasteiger partial charge in [0, 0.05) is 36.7 Å². The summed E-state index contributed by atoms with van der Waals surface area (Å²) in [4.78, 5) is 36.3. The average Bonchev–Trinajstić information content (AvgIpc) is 2.68. The molecular formula is C20H23N3O4. The predicted molar refractivity (Wildman–Crippen MR) is 101 cm³/mol. The summed E-state index contributed by atoms with van der Waals surface area (Å²) < 4.78 is 6.87. The highest BCUT2D eigenvalue weighted by Crippen LogP contribution is 2.32. The SMILES string of the molecule is COC1CCC(C(N)=O)C(C(=O)Nc2ccc(-n3ccccc3=O)cc2)C1. The molecule has 3 rings (SSSR count). The van der Waals surface area contributed by atoms with E-state index in [1.165, 1.54) is 10.6 Å². The van der Waals surface area contributed by atoms with E-state index in [1.54, 1.807) is 49.7 Å². The summed E-state index contributed by atoms with van der Waals surface area (Å²) in [5.41, 5.74) is 6.64. The van der Waals surface area contributed by atoms with Crippen LogP contribution < -0.4 is 16.6 Å². The highest BCUT2D eigenvalue weighted by molar-refractivity contribution is 5.96. The zero-order valence-electron chi connectivity index (χ0n) is 15.1. The van der Waals surface area contributed by atoms with Crippen molar-refractivity contribution >= 4 is 17.5 Å². The lowest BCUT2D eigenvalue weighted by Gasteiger charge is -2.32. The van der Waals surface area contributed by atoms with Crippen LogP contribution in [-0.4, -0.2) is 29.6 Å². The molecule has 0 radical (unpaired) electrons. The second-order valence-corrected chi connectivity index (χ2v) is 6.73. The molecule has 0 saturated heterocycles. The van der Waals surface area contributed by atoms with Crippen LogP contribution in [-0.2, 0) is 14.3 Å². The average molecular weight is 369 g/mol. The number of carbonyl (C=O) groups excluding carboxylic acids is 2. The number of methoxy groups -OCH3 is 1. The molecule has 1 saturated carbocycles. The summed E-state index contributed by atoms with van der Waals surface area (Å²) >= 11 is 0. The maximum Gasteiger partial charge on any atom is 0.255 e. The van der Waals surface area contributed by atoms with Gasteiger partial charge in [-0.05, 0) is 49.6 Å². The quantitative estimate of drug-likeness (QED) is 0.837. The summed E-state index contributed by atoms with van der Waals surface area (Å²) in [5, 5.41) is 2.84. The van der Waals surface area contributed by atoms with E-state index in [4.69, 9.17) is 10.5 Å². The van der Waals surface area contributed by atoms with Gasteiger partial charge in [-0.3, -0.25) is 19.0 Å². The molecule has 0 bridgehead atoms. The van der Waals surface area contributed by atoms with Gasteiger partial charge in [-0.2, -0.15) is 0 Å². The van der Waals surface area contributed by atoms with Crippen LogP contribution in [0.3, 0.4) is 0 Å². The fourth-order valence-corrected chi connectivity index (χ4v) is 3.56. The van der Waals surface area contributed by atoms with Gasteiger partial charge in [-0.25, -0.2) is 0 Å². The van der Waals surface area contributed by atoms with E-state index < -0.39 is 17.7 Å². The van der Waals surface area contributed by atoms with Crippen molar-refractivity contribution in [1.29, 1.82) is 0 Å². The molecule has 3 atom stereocenters. The van der Waals surface area contributed by atoms with Crippen molar-refractivity contribution < 1.29 is 14.3 Å². The molecule has 1 aromatic carbocycles. The Kier molecular flexibility index (Phi) is 5.71. The van der Waals surface area contributed by atoms with E-state index in [0.717, 1.165) is 0 Å². The first-order chi connectivity index (χ1) is 13.0. The van der Waals surface area contributed by atoms with Crippen LogP contribution in [0, 0.1) is 11.8 Å². The van der Waals surface area contributed by atoms with Crippen LogP contribution in [0.2, 0.25) is 0 Å². The fraction of sp³-hybridized carbons (Fsp3) is 0.350. The number of anilines is 1. The summed E-state index contributed by atoms with van der Waals surface area (Å²) in [5.74, 6) is -1.70. The minimum absolute atomic E-state index is 0.0521. The Morgan fingerprint density at radius 2 is 1.85 bits per heavy atom. The Morgan fingerprint density at radius 3 is 2.48 bits per heavy atom. The monoisotopic (exact) mass is 369 g/mol. The second-order valence-electron chi connectivity index (χ2n) is 6.73. The Bertz CT molecular complexity index is 875. The number of nitrogens with two attached hydrogens (primary N) is 1. The number of hydrogen-bond acceptors (Lipinski definition) is 4. The first kappa shape index (κ1) is 18.8. The van der Waals surface area contributed by atoms with Crippen LogP contribution in [0.5, 0.6) is 0 Å². The number of primary amides is 1. The maximum absolute atomic E-state index is 12.7. The molecule has 142 valence electrons. The third kappa shape index (κ3) is 4.25. The van der Waals surface area contributed by atoms with Crippen molar-refractivity contribution in [1.82, 2.24) is 4.57 Å². The summed E-state index contributed by atoms with van der Waals surface area (Å²) in [6, 6.07) is 11.9. The van der Waals surface area contributed by atoms with Crippen molar-refractivity contribution in [2.45, 2.75) is 25.4 Å². The molecule has 3 unspecified atom stereocenters. The number of hydrogen-bond donors (Lipinski definition) is 2. The number of benzene rings is 1. The van der Waals surface area contributed by atoms with E-state index in [2.05, 4.69) is 5.32 Å². The zero-order valence-corrected chi connectivity index (χ0v) is 15.1. The normalized spacial score (nSPS) is 22.2. The molecule has 7 heteroatoms. The smallest absolute Gasteiger partial charge is 0.255 e. The third-order valence-corrected chi connectivity index (χ3v) is 5.07. The van der Waals surface area contributed by atoms with Gasteiger partial charge < -0.3 is 15.8 Å². The van der Waals surface area contributed by atoms with Crippen molar-refractivity contribution in [3.63, 3.8) is 0 Å². The van der Waals surface area contributed by atoms with Crippen molar-refractivity contribution in [3.05, 3.63) is 59.0 Å². The largest absolute Gasteiger partial charge is 0.381 e. The number of ether oxygens (including phenoxy) is 1. The third-order valence-electron chi connectivity index (χ3n) is 5.07. The number of amides is 2. The van der Waals surface area contributed by atoms with E-state index in [-0.39, 0.29) is 17.6 Å². The van der Waals surface area contributed by atoms with Gasteiger partial charge in [0.25, 0.3) is 5.56 Å². The van der Waals surface area contributed by atoms with E-state index in [9.17, 15) is 14.4 Å². The summed E-state index contributed by atoms with van der Waals surface area (Å²) in [6.07, 6.45) is 3.35. The van der Waals surface area contributed by atoms with Gasteiger partial charge >= 0.3 is 0 Å². The molecule has 0 aliphatic heterocycles. The number of aromatic nitrogens is 1. The van der Waals surface area contributed by atoms with E-state index in [0.29, 0.717) is 30.6 Å². The topological polar surface area (TPSA) is 103 Å². The minimum atomic E-state index is -0.516. The molecule has 2 aromatic rings. The summed E-state index contributed by atoms with van der Waals surface area (Å²) in [6.45, 7) is 0. The Labute approximate surface area is 157 Å². The first-order valence-electron chi connectivity index (χ1n) is 8.90. The zero-order chi connectivity index (χ0) is 19.4.